The lowest BCUT2D eigenvalue weighted by atomic mass is 9.87. The van der Waals surface area contributed by atoms with Crippen molar-refractivity contribution in [2.24, 2.45) is 17.1 Å². The van der Waals surface area contributed by atoms with Crippen LogP contribution in [0.2, 0.25) is 0 Å². The maximum absolute atomic E-state index is 12.2. The Labute approximate surface area is 125 Å². The molecule has 0 radical (unpaired) electrons. The number of ether oxygens (including phenoxy) is 2. The zero-order valence-electron chi connectivity index (χ0n) is 13.3. The average molecular weight is 298 g/mol. The van der Waals surface area contributed by atoms with Crippen molar-refractivity contribution in [3.63, 3.8) is 0 Å². The molecule has 1 aliphatic heterocycles. The molecule has 6 nitrogen and oxygen atoms in total. The van der Waals surface area contributed by atoms with Gasteiger partial charge < -0.3 is 20.1 Å². The van der Waals surface area contributed by atoms with Crippen molar-refractivity contribution in [2.75, 3.05) is 19.7 Å². The molecule has 2 rings (SSSR count). The second-order valence-electron chi connectivity index (χ2n) is 7.04. The summed E-state index contributed by atoms with van der Waals surface area (Å²) >= 11 is 0. The number of amides is 1. The molecule has 21 heavy (non-hydrogen) atoms. The lowest BCUT2D eigenvalue weighted by Gasteiger charge is -2.38. The largest absolute Gasteiger partial charge is 0.466 e. The van der Waals surface area contributed by atoms with E-state index in [9.17, 15) is 9.59 Å². The lowest BCUT2D eigenvalue weighted by molar-refractivity contribution is -0.146. The van der Waals surface area contributed by atoms with E-state index in [0.717, 1.165) is 0 Å². The predicted molar refractivity (Wildman–Crippen MR) is 77.6 cm³/mol. The van der Waals surface area contributed by atoms with Gasteiger partial charge in [0.15, 0.2) is 0 Å². The number of hydrogen-bond donors (Lipinski definition) is 1. The molecule has 3 atom stereocenters. The molecule has 2 aliphatic rings. The summed E-state index contributed by atoms with van der Waals surface area (Å²) in [6.07, 6.45) is 1.06. The SMILES string of the molecule is CCOC(=O)C1CC12CN(C(=O)OC(C)(C)C)CCC2N. The minimum atomic E-state index is -0.520. The highest BCUT2D eigenvalue weighted by molar-refractivity contribution is 5.78. The maximum Gasteiger partial charge on any atom is 0.410 e. The van der Waals surface area contributed by atoms with Crippen molar-refractivity contribution in [1.82, 2.24) is 4.90 Å². The van der Waals surface area contributed by atoms with Crippen molar-refractivity contribution in [3.05, 3.63) is 0 Å². The van der Waals surface area contributed by atoms with Crippen molar-refractivity contribution in [3.8, 4) is 0 Å². The molecule has 1 saturated heterocycles. The highest BCUT2D eigenvalue weighted by Gasteiger charge is 2.64. The number of carbonyl (C=O) groups excluding carboxylic acids is 2. The fraction of sp³-hybridized carbons (Fsp3) is 0.867. The average Bonchev–Trinajstić information content (AvgIpc) is 3.06. The van der Waals surface area contributed by atoms with Gasteiger partial charge in [-0.05, 0) is 40.5 Å². The molecular formula is C15H26N2O4. The van der Waals surface area contributed by atoms with Crippen molar-refractivity contribution in [2.45, 2.75) is 52.2 Å². The van der Waals surface area contributed by atoms with Gasteiger partial charge in [0.1, 0.15) is 5.60 Å². The zero-order valence-corrected chi connectivity index (χ0v) is 13.3. The van der Waals surface area contributed by atoms with Gasteiger partial charge in [-0.15, -0.1) is 0 Å². The van der Waals surface area contributed by atoms with Crippen molar-refractivity contribution >= 4 is 12.1 Å². The summed E-state index contributed by atoms with van der Waals surface area (Å²) in [5, 5.41) is 0. The Morgan fingerprint density at radius 1 is 1.38 bits per heavy atom. The molecule has 0 aromatic rings. The van der Waals surface area contributed by atoms with Crippen LogP contribution in [0.1, 0.15) is 40.5 Å². The fourth-order valence-corrected chi connectivity index (χ4v) is 3.08. The van der Waals surface area contributed by atoms with E-state index in [1.165, 1.54) is 0 Å². The summed E-state index contributed by atoms with van der Waals surface area (Å²) in [7, 11) is 0. The van der Waals surface area contributed by atoms with Gasteiger partial charge in [0.25, 0.3) is 0 Å². The van der Waals surface area contributed by atoms with Crippen LogP contribution in [0.15, 0.2) is 0 Å². The van der Waals surface area contributed by atoms with Crippen LogP contribution in [0, 0.1) is 11.3 Å². The zero-order chi connectivity index (χ0) is 15.8. The van der Waals surface area contributed by atoms with E-state index in [1.54, 1.807) is 11.8 Å². The number of rotatable bonds is 2. The van der Waals surface area contributed by atoms with Gasteiger partial charge >= 0.3 is 12.1 Å². The van der Waals surface area contributed by atoms with Crippen molar-refractivity contribution in [1.29, 1.82) is 0 Å². The number of hydrogen-bond acceptors (Lipinski definition) is 5. The van der Waals surface area contributed by atoms with Gasteiger partial charge in [-0.2, -0.15) is 0 Å². The number of nitrogens with two attached hydrogens (primary N) is 1. The standard InChI is InChI=1S/C15H26N2O4/c1-5-20-12(18)10-8-15(10)9-17(7-6-11(15)16)13(19)21-14(2,3)4/h10-11H,5-9,16H2,1-4H3. The molecule has 6 heteroatoms. The summed E-state index contributed by atoms with van der Waals surface area (Å²) < 4.78 is 10.5. The van der Waals surface area contributed by atoms with E-state index >= 15 is 0 Å². The van der Waals surface area contributed by atoms with Crippen LogP contribution in [0.25, 0.3) is 0 Å². The van der Waals surface area contributed by atoms with Crippen LogP contribution in [0.3, 0.4) is 0 Å². The van der Waals surface area contributed by atoms with Crippen molar-refractivity contribution < 1.29 is 19.1 Å². The minimum absolute atomic E-state index is 0.0643. The molecule has 1 heterocycles. The second-order valence-corrected chi connectivity index (χ2v) is 7.04. The summed E-state index contributed by atoms with van der Waals surface area (Å²) in [6, 6.07) is -0.0643. The molecule has 0 aromatic heterocycles. The summed E-state index contributed by atoms with van der Waals surface area (Å²) in [5.41, 5.74) is 5.36. The van der Waals surface area contributed by atoms with E-state index in [-0.39, 0.29) is 29.4 Å². The van der Waals surface area contributed by atoms with Crippen LogP contribution in [-0.2, 0) is 14.3 Å². The number of carbonyl (C=O) groups is 2. The van der Waals surface area contributed by atoms with Gasteiger partial charge in [0.2, 0.25) is 0 Å². The van der Waals surface area contributed by atoms with Crippen LogP contribution in [0.4, 0.5) is 4.79 Å². The van der Waals surface area contributed by atoms with E-state index < -0.39 is 5.60 Å². The summed E-state index contributed by atoms with van der Waals surface area (Å²) in [6.45, 7) is 8.75. The number of esters is 1. The molecule has 0 bridgehead atoms. The van der Waals surface area contributed by atoms with Gasteiger partial charge in [-0.1, -0.05) is 0 Å². The first-order valence-corrected chi connectivity index (χ1v) is 7.60. The molecule has 2 N–H and O–H groups in total. The third kappa shape index (κ3) is 3.31. The lowest BCUT2D eigenvalue weighted by Crippen LogP contribution is -2.52. The maximum atomic E-state index is 12.2. The van der Waals surface area contributed by atoms with Gasteiger partial charge in [0, 0.05) is 24.5 Å². The summed E-state index contributed by atoms with van der Waals surface area (Å²) in [5.74, 6) is -0.378. The normalized spacial score (nSPS) is 32.0. The second kappa shape index (κ2) is 5.48. The number of nitrogens with zero attached hydrogens (tertiary/aromatic N) is 1. The molecular weight excluding hydrogens is 272 g/mol. The smallest absolute Gasteiger partial charge is 0.410 e. The van der Waals surface area contributed by atoms with Crippen LogP contribution in [0.5, 0.6) is 0 Å². The van der Waals surface area contributed by atoms with Crippen LogP contribution < -0.4 is 5.73 Å². The number of piperidine rings is 1. The molecule has 3 unspecified atom stereocenters. The van der Waals surface area contributed by atoms with Crippen LogP contribution >= 0.6 is 0 Å². The minimum Gasteiger partial charge on any atom is -0.466 e. The van der Waals surface area contributed by atoms with Gasteiger partial charge in [0.05, 0.1) is 12.5 Å². The highest BCUT2D eigenvalue weighted by atomic mass is 16.6. The first-order chi connectivity index (χ1) is 9.69. The van der Waals surface area contributed by atoms with E-state index in [0.29, 0.717) is 32.5 Å². The van der Waals surface area contributed by atoms with E-state index in [2.05, 4.69) is 0 Å². The Bertz CT molecular complexity index is 432. The predicted octanol–water partition coefficient (Wildman–Crippen LogP) is 1.52. The van der Waals surface area contributed by atoms with E-state index in [4.69, 9.17) is 15.2 Å². The molecule has 1 aliphatic carbocycles. The van der Waals surface area contributed by atoms with E-state index in [1.807, 2.05) is 20.8 Å². The fourth-order valence-electron chi connectivity index (χ4n) is 3.08. The Hall–Kier alpha value is -1.30. The Morgan fingerprint density at radius 3 is 2.62 bits per heavy atom. The number of likely N-dealkylation sites (tertiary alicyclic amines) is 1. The third-order valence-corrected chi connectivity index (χ3v) is 4.27. The van der Waals surface area contributed by atoms with Gasteiger partial charge in [-0.3, -0.25) is 4.79 Å². The first-order valence-electron chi connectivity index (χ1n) is 7.60. The quantitative estimate of drug-likeness (QED) is 0.782. The highest BCUT2D eigenvalue weighted by Crippen LogP contribution is 2.57. The molecule has 2 fully saturated rings. The third-order valence-electron chi connectivity index (χ3n) is 4.27. The monoisotopic (exact) mass is 298 g/mol. The summed E-state index contributed by atoms with van der Waals surface area (Å²) in [4.78, 5) is 25.8. The molecule has 1 spiro atoms. The Kier molecular flexibility index (Phi) is 4.19. The Balaban J connectivity index is 2.01. The molecule has 120 valence electrons. The molecule has 1 amide bonds. The molecule has 0 aromatic carbocycles. The Morgan fingerprint density at radius 2 is 2.05 bits per heavy atom. The first kappa shape index (κ1) is 16.1. The van der Waals surface area contributed by atoms with Crippen LogP contribution in [-0.4, -0.2) is 48.3 Å². The molecule has 1 saturated carbocycles. The van der Waals surface area contributed by atoms with Gasteiger partial charge in [-0.25, -0.2) is 4.79 Å². The topological polar surface area (TPSA) is 81.9 Å².